The van der Waals surface area contributed by atoms with Crippen LogP contribution in [0.1, 0.15) is 10.4 Å². The van der Waals surface area contributed by atoms with Crippen LogP contribution >= 0.6 is 11.8 Å². The first-order valence-corrected chi connectivity index (χ1v) is 6.01. The van der Waals surface area contributed by atoms with Crippen LogP contribution in [0.25, 0.3) is 0 Å². The molecule has 0 aliphatic rings. The van der Waals surface area contributed by atoms with Crippen molar-refractivity contribution in [3.63, 3.8) is 0 Å². The Hall–Kier alpha value is -1.89. The number of aldehydes is 1. The molecule has 0 aliphatic heterocycles. The molecule has 96 valence electrons. The van der Waals surface area contributed by atoms with Gasteiger partial charge in [0, 0.05) is 36.7 Å². The van der Waals surface area contributed by atoms with Crippen molar-refractivity contribution in [1.29, 1.82) is 0 Å². The van der Waals surface area contributed by atoms with E-state index in [4.69, 9.17) is 0 Å². The predicted octanol–water partition coefficient (Wildman–Crippen LogP) is 1.59. The number of carbonyl (C=O) groups excluding carboxylic acids is 2. The number of hydrogen-bond acceptors (Lipinski definition) is 5. The molecule has 1 amide bonds. The average molecular weight is 268 g/mol. The molecule has 0 unspecified atom stereocenters. The molecule has 0 spiro atoms. The van der Waals surface area contributed by atoms with Gasteiger partial charge in [-0.15, -0.1) is 11.8 Å². The summed E-state index contributed by atoms with van der Waals surface area (Å²) in [5.41, 5.74) is 0.0844. The van der Waals surface area contributed by atoms with Crippen molar-refractivity contribution in [2.45, 2.75) is 4.90 Å². The number of hydrogen-bond donors (Lipinski definition) is 0. The second kappa shape index (κ2) is 6.15. The summed E-state index contributed by atoms with van der Waals surface area (Å²) in [6.45, 7) is 0. The molecule has 0 fully saturated rings. The van der Waals surface area contributed by atoms with Gasteiger partial charge in [-0.3, -0.25) is 19.7 Å². The van der Waals surface area contributed by atoms with Crippen LogP contribution in [0.4, 0.5) is 5.69 Å². The Morgan fingerprint density at radius 1 is 1.50 bits per heavy atom. The van der Waals surface area contributed by atoms with Crippen LogP contribution in [-0.4, -0.2) is 41.9 Å². The number of carbonyl (C=O) groups is 2. The summed E-state index contributed by atoms with van der Waals surface area (Å²) in [6, 6.07) is 4.00. The molecule has 0 aliphatic carbocycles. The lowest BCUT2D eigenvalue weighted by Crippen LogP contribution is -2.23. The zero-order chi connectivity index (χ0) is 13.7. The molecular weight excluding hydrogens is 256 g/mol. The number of nitrogens with zero attached hydrogens (tertiary/aromatic N) is 2. The molecule has 0 bridgehead atoms. The van der Waals surface area contributed by atoms with Gasteiger partial charge in [-0.2, -0.15) is 0 Å². The van der Waals surface area contributed by atoms with Crippen molar-refractivity contribution < 1.29 is 14.5 Å². The molecule has 0 radical (unpaired) electrons. The molecule has 0 aromatic heterocycles. The smallest absolute Gasteiger partial charge is 0.270 e. The third-order valence-corrected chi connectivity index (χ3v) is 3.26. The van der Waals surface area contributed by atoms with E-state index in [0.29, 0.717) is 11.2 Å². The Balaban J connectivity index is 2.86. The fourth-order valence-electron chi connectivity index (χ4n) is 1.14. The molecule has 7 heteroatoms. The highest BCUT2D eigenvalue weighted by Crippen LogP contribution is 2.25. The first-order chi connectivity index (χ1) is 8.45. The molecule has 0 N–H and O–H groups in total. The van der Waals surface area contributed by atoms with E-state index < -0.39 is 4.92 Å². The Labute approximate surface area is 108 Å². The maximum Gasteiger partial charge on any atom is 0.270 e. The van der Waals surface area contributed by atoms with Gasteiger partial charge >= 0.3 is 0 Å². The van der Waals surface area contributed by atoms with Crippen LogP contribution in [0.15, 0.2) is 23.1 Å². The van der Waals surface area contributed by atoms with Crippen LogP contribution < -0.4 is 0 Å². The Morgan fingerprint density at radius 2 is 2.17 bits per heavy atom. The summed E-state index contributed by atoms with van der Waals surface area (Å²) < 4.78 is 0. The van der Waals surface area contributed by atoms with Crippen molar-refractivity contribution in [3.8, 4) is 0 Å². The third-order valence-electron chi connectivity index (χ3n) is 2.18. The number of nitro benzene ring substituents is 1. The molecule has 1 aromatic rings. The maximum atomic E-state index is 11.4. The minimum absolute atomic E-state index is 0.0878. The SMILES string of the molecule is CN(C)C(=O)CSc1ccc([N+](=O)[O-])cc1C=O. The highest BCUT2D eigenvalue weighted by Gasteiger charge is 2.12. The van der Waals surface area contributed by atoms with E-state index in [-0.39, 0.29) is 22.9 Å². The van der Waals surface area contributed by atoms with E-state index in [2.05, 4.69) is 0 Å². The van der Waals surface area contributed by atoms with Gasteiger partial charge in [0.1, 0.15) is 0 Å². The lowest BCUT2D eigenvalue weighted by molar-refractivity contribution is -0.384. The second-order valence-electron chi connectivity index (χ2n) is 3.67. The number of rotatable bonds is 5. The van der Waals surface area contributed by atoms with Gasteiger partial charge in [-0.25, -0.2) is 0 Å². The first kappa shape index (κ1) is 14.2. The zero-order valence-electron chi connectivity index (χ0n) is 9.95. The van der Waals surface area contributed by atoms with Gasteiger partial charge < -0.3 is 4.90 Å². The van der Waals surface area contributed by atoms with Gasteiger partial charge in [0.05, 0.1) is 10.7 Å². The summed E-state index contributed by atoms with van der Waals surface area (Å²) >= 11 is 1.18. The summed E-state index contributed by atoms with van der Waals surface area (Å²) in [5.74, 6) is 0.0984. The quantitative estimate of drug-likeness (QED) is 0.350. The van der Waals surface area contributed by atoms with E-state index >= 15 is 0 Å². The molecule has 0 heterocycles. The van der Waals surface area contributed by atoms with Crippen molar-refractivity contribution >= 4 is 29.6 Å². The normalized spacial score (nSPS) is 9.89. The van der Waals surface area contributed by atoms with Gasteiger partial charge in [0.15, 0.2) is 6.29 Å². The highest BCUT2D eigenvalue weighted by molar-refractivity contribution is 8.00. The van der Waals surface area contributed by atoms with Crippen molar-refractivity contribution in [2.24, 2.45) is 0 Å². The molecule has 6 nitrogen and oxygen atoms in total. The minimum Gasteiger partial charge on any atom is -0.348 e. The molecule has 0 saturated heterocycles. The minimum atomic E-state index is -0.563. The van der Waals surface area contributed by atoms with Crippen LogP contribution in [0.2, 0.25) is 0 Å². The number of non-ortho nitro benzene ring substituents is 1. The molecule has 1 aromatic carbocycles. The first-order valence-electron chi connectivity index (χ1n) is 5.02. The monoisotopic (exact) mass is 268 g/mol. The van der Waals surface area contributed by atoms with Gasteiger partial charge in [0.2, 0.25) is 5.91 Å². The standard InChI is InChI=1S/C11H12N2O4S/c1-12(2)11(15)7-18-10-4-3-9(13(16)17)5-8(10)6-14/h3-6H,7H2,1-2H3. The Kier molecular flexibility index (Phi) is 4.85. The highest BCUT2D eigenvalue weighted by atomic mass is 32.2. The second-order valence-corrected chi connectivity index (χ2v) is 4.69. The number of benzene rings is 1. The van der Waals surface area contributed by atoms with Crippen molar-refractivity contribution in [2.75, 3.05) is 19.8 Å². The molecule has 0 atom stereocenters. The molecule has 1 rings (SSSR count). The summed E-state index contributed by atoms with van der Waals surface area (Å²) in [7, 11) is 3.28. The van der Waals surface area contributed by atoms with Crippen LogP contribution in [0, 0.1) is 10.1 Å². The Morgan fingerprint density at radius 3 is 2.67 bits per heavy atom. The molecule has 18 heavy (non-hydrogen) atoms. The third kappa shape index (κ3) is 3.56. The Bertz CT molecular complexity index is 488. The van der Waals surface area contributed by atoms with Crippen LogP contribution in [-0.2, 0) is 4.79 Å². The number of amides is 1. The van der Waals surface area contributed by atoms with E-state index in [1.165, 1.54) is 34.9 Å². The maximum absolute atomic E-state index is 11.4. The van der Waals surface area contributed by atoms with Crippen molar-refractivity contribution in [3.05, 3.63) is 33.9 Å². The van der Waals surface area contributed by atoms with Gasteiger partial charge in [-0.1, -0.05) is 0 Å². The van der Waals surface area contributed by atoms with Gasteiger partial charge in [0.25, 0.3) is 5.69 Å². The van der Waals surface area contributed by atoms with Crippen LogP contribution in [0.3, 0.4) is 0 Å². The summed E-state index contributed by atoms with van der Waals surface area (Å²) in [5, 5.41) is 10.6. The predicted molar refractivity (Wildman–Crippen MR) is 67.9 cm³/mol. The summed E-state index contributed by atoms with van der Waals surface area (Å²) in [4.78, 5) is 34.2. The summed E-state index contributed by atoms with van der Waals surface area (Å²) in [6.07, 6.45) is 0.551. The largest absolute Gasteiger partial charge is 0.348 e. The topological polar surface area (TPSA) is 80.5 Å². The van der Waals surface area contributed by atoms with Gasteiger partial charge in [-0.05, 0) is 6.07 Å². The van der Waals surface area contributed by atoms with E-state index in [1.807, 2.05) is 0 Å². The average Bonchev–Trinajstić information content (AvgIpc) is 2.35. The zero-order valence-corrected chi connectivity index (χ0v) is 10.8. The lowest BCUT2D eigenvalue weighted by atomic mass is 10.2. The number of nitro groups is 1. The molecular formula is C11H12N2O4S. The fourth-order valence-corrected chi connectivity index (χ4v) is 2.12. The fraction of sp³-hybridized carbons (Fsp3) is 0.273. The molecule has 0 saturated carbocycles. The number of thioether (sulfide) groups is 1. The van der Waals surface area contributed by atoms with E-state index in [9.17, 15) is 19.7 Å². The van der Waals surface area contributed by atoms with Crippen LogP contribution in [0.5, 0.6) is 0 Å². The lowest BCUT2D eigenvalue weighted by Gasteiger charge is -2.10. The van der Waals surface area contributed by atoms with E-state index in [0.717, 1.165) is 0 Å². The van der Waals surface area contributed by atoms with Crippen molar-refractivity contribution in [1.82, 2.24) is 4.90 Å². The van der Waals surface area contributed by atoms with E-state index in [1.54, 1.807) is 14.1 Å².